The van der Waals surface area contributed by atoms with Crippen molar-refractivity contribution < 1.29 is 13.2 Å². The van der Waals surface area contributed by atoms with Gasteiger partial charge in [0.1, 0.15) is 11.6 Å². The number of aliphatic imine (C=N–C) groups is 1. The molecule has 0 aliphatic carbocycles. The van der Waals surface area contributed by atoms with Crippen molar-refractivity contribution in [2.24, 2.45) is 4.99 Å². The number of alkyl halides is 3. The van der Waals surface area contributed by atoms with Crippen LogP contribution in [0.5, 0.6) is 0 Å². The lowest BCUT2D eigenvalue weighted by Crippen LogP contribution is -2.27. The molecule has 0 radical (unpaired) electrons. The van der Waals surface area contributed by atoms with Crippen molar-refractivity contribution in [2.45, 2.75) is 117 Å². The van der Waals surface area contributed by atoms with E-state index in [9.17, 15) is 13.2 Å². The fraction of sp³-hybridized carbons (Fsp3) is 0.553. The van der Waals surface area contributed by atoms with Crippen molar-refractivity contribution >= 4 is 40.2 Å². The average molecular weight is 672 g/mol. The first-order valence-corrected chi connectivity index (χ1v) is 18.0. The lowest BCUT2D eigenvalue weighted by Gasteiger charge is -2.22. The van der Waals surface area contributed by atoms with Crippen LogP contribution in [0.2, 0.25) is 5.02 Å². The lowest BCUT2D eigenvalue weighted by molar-refractivity contribution is -0.0934. The Hall–Kier alpha value is -2.97. The summed E-state index contributed by atoms with van der Waals surface area (Å²) in [7, 11) is 0. The maximum absolute atomic E-state index is 14.1. The van der Waals surface area contributed by atoms with E-state index in [0.717, 1.165) is 41.9 Å². The van der Waals surface area contributed by atoms with Crippen LogP contribution in [0.25, 0.3) is 16.6 Å². The quantitative estimate of drug-likeness (QED) is 0.145. The number of aromatic nitrogens is 2. The van der Waals surface area contributed by atoms with Crippen molar-refractivity contribution in [1.82, 2.24) is 14.9 Å². The van der Waals surface area contributed by atoms with Gasteiger partial charge >= 0.3 is 6.18 Å². The number of anilines is 1. The molecule has 2 aromatic carbocycles. The Morgan fingerprint density at radius 2 is 1.60 bits per heavy atom. The van der Waals surface area contributed by atoms with Gasteiger partial charge in [0.15, 0.2) is 0 Å². The van der Waals surface area contributed by atoms with E-state index in [0.29, 0.717) is 55.1 Å². The highest BCUT2D eigenvalue weighted by molar-refractivity contribution is 6.31. The monoisotopic (exact) mass is 671 g/mol. The minimum atomic E-state index is -4.44. The molecule has 258 valence electrons. The van der Waals surface area contributed by atoms with Crippen molar-refractivity contribution in [3.8, 4) is 0 Å². The van der Waals surface area contributed by atoms with Gasteiger partial charge in [-0.2, -0.15) is 13.2 Å². The minimum Gasteiger partial charge on any atom is -0.369 e. The molecule has 0 saturated heterocycles. The zero-order chi connectivity index (χ0) is 34.1. The van der Waals surface area contributed by atoms with E-state index in [2.05, 4.69) is 29.1 Å². The van der Waals surface area contributed by atoms with Crippen LogP contribution >= 0.6 is 11.6 Å². The standard InChI is InChI=1S/C36H47ClF3N5.C2H6/c1-3-5-7-13-23-45(24-14-8-6-4-2)26-33-43-32-25-28(34-30(36(38,39)40)16-11-12-21-41-34)18-19-29(32)35(44-33)42-22-20-27-15-9-10-17-31(27)37;1-2/h9-10,15,17-19,21,25H,3-8,11-14,16,20,22-24,26H2,1-2H3,(H,42,43,44);1-2H3. The zero-order valence-corrected chi connectivity index (χ0v) is 29.5. The molecular weight excluding hydrogens is 619 g/mol. The molecule has 0 unspecified atom stereocenters. The number of nitrogens with zero attached hydrogens (tertiary/aromatic N) is 4. The number of benzene rings is 2. The Morgan fingerprint density at radius 1 is 0.894 bits per heavy atom. The summed E-state index contributed by atoms with van der Waals surface area (Å²) in [5, 5.41) is 4.98. The van der Waals surface area contributed by atoms with Gasteiger partial charge in [0.2, 0.25) is 0 Å². The summed E-state index contributed by atoms with van der Waals surface area (Å²) in [6.45, 7) is 11.6. The second kappa shape index (κ2) is 20.4. The first-order chi connectivity index (χ1) is 22.8. The van der Waals surface area contributed by atoms with Crippen LogP contribution in [-0.2, 0) is 13.0 Å². The Labute approximate surface area is 285 Å². The molecule has 0 atom stereocenters. The second-order valence-electron chi connectivity index (χ2n) is 11.9. The van der Waals surface area contributed by atoms with Crippen molar-refractivity contribution in [3.05, 3.63) is 70.0 Å². The summed E-state index contributed by atoms with van der Waals surface area (Å²) in [6.07, 6.45) is 8.19. The molecule has 2 heterocycles. The first kappa shape index (κ1) is 38.5. The molecular formula is C38H53ClF3N5. The normalized spacial score (nSPS) is 13.6. The van der Waals surface area contributed by atoms with Crippen LogP contribution in [0, 0.1) is 0 Å². The molecule has 1 aliphatic rings. The largest absolute Gasteiger partial charge is 0.414 e. The summed E-state index contributed by atoms with van der Waals surface area (Å²) in [5.41, 5.74) is 1.49. The molecule has 0 amide bonds. The average Bonchev–Trinajstić information content (AvgIpc) is 3.33. The predicted octanol–water partition coefficient (Wildman–Crippen LogP) is 11.5. The van der Waals surface area contributed by atoms with Gasteiger partial charge in [0, 0.05) is 28.7 Å². The van der Waals surface area contributed by atoms with Gasteiger partial charge in [-0.15, -0.1) is 0 Å². The van der Waals surface area contributed by atoms with E-state index in [1.807, 2.05) is 44.2 Å². The topological polar surface area (TPSA) is 53.4 Å². The minimum absolute atomic E-state index is 0.0104. The van der Waals surface area contributed by atoms with Gasteiger partial charge in [-0.05, 0) is 75.4 Å². The van der Waals surface area contributed by atoms with Gasteiger partial charge in [-0.1, -0.05) is 102 Å². The van der Waals surface area contributed by atoms with Gasteiger partial charge in [0.05, 0.1) is 23.3 Å². The number of halogens is 4. The fourth-order valence-corrected chi connectivity index (χ4v) is 6.02. The van der Waals surface area contributed by atoms with Crippen LogP contribution in [0.1, 0.15) is 115 Å². The van der Waals surface area contributed by atoms with Crippen LogP contribution < -0.4 is 5.32 Å². The fourth-order valence-electron chi connectivity index (χ4n) is 5.79. The van der Waals surface area contributed by atoms with Crippen LogP contribution in [-0.4, -0.2) is 46.9 Å². The highest BCUT2D eigenvalue weighted by atomic mass is 35.5. The number of unbranched alkanes of at least 4 members (excludes halogenated alkanes) is 6. The van der Waals surface area contributed by atoms with E-state index < -0.39 is 11.7 Å². The Bertz CT molecular complexity index is 1420. The smallest absolute Gasteiger partial charge is 0.369 e. The van der Waals surface area contributed by atoms with Crippen molar-refractivity contribution in [3.63, 3.8) is 0 Å². The molecule has 3 aromatic rings. The Morgan fingerprint density at radius 3 is 2.26 bits per heavy atom. The molecule has 4 rings (SSSR count). The van der Waals surface area contributed by atoms with E-state index in [1.165, 1.54) is 38.5 Å². The number of rotatable bonds is 17. The predicted molar refractivity (Wildman–Crippen MR) is 193 cm³/mol. The summed E-state index contributed by atoms with van der Waals surface area (Å²) in [5.74, 6) is 1.35. The van der Waals surface area contributed by atoms with Crippen LogP contribution in [0.15, 0.2) is 53.0 Å². The first-order valence-electron chi connectivity index (χ1n) is 17.6. The molecule has 47 heavy (non-hydrogen) atoms. The molecule has 0 spiro atoms. The SMILES string of the molecule is CC.CCCCCCN(CCCCCC)Cc1nc(NCCc2ccccc2Cl)c2ccc(C3=C(C(F)(F)F)CCCC=N3)cc2n1. The highest BCUT2D eigenvalue weighted by Gasteiger charge is 2.36. The molecule has 1 aromatic heterocycles. The molecule has 0 bridgehead atoms. The van der Waals surface area contributed by atoms with Crippen LogP contribution in [0.4, 0.5) is 19.0 Å². The van der Waals surface area contributed by atoms with E-state index in [4.69, 9.17) is 21.6 Å². The van der Waals surface area contributed by atoms with Gasteiger partial charge < -0.3 is 5.32 Å². The molecule has 5 nitrogen and oxygen atoms in total. The molecule has 1 aliphatic heterocycles. The second-order valence-corrected chi connectivity index (χ2v) is 12.3. The number of allylic oxidation sites excluding steroid dienone is 1. The molecule has 0 saturated carbocycles. The van der Waals surface area contributed by atoms with E-state index in [-0.39, 0.29) is 12.1 Å². The van der Waals surface area contributed by atoms with Gasteiger partial charge in [0.25, 0.3) is 0 Å². The zero-order valence-electron chi connectivity index (χ0n) is 28.7. The summed E-state index contributed by atoms with van der Waals surface area (Å²) < 4.78 is 42.2. The summed E-state index contributed by atoms with van der Waals surface area (Å²) >= 11 is 6.40. The molecule has 1 N–H and O–H groups in total. The van der Waals surface area contributed by atoms with E-state index in [1.54, 1.807) is 18.3 Å². The lowest BCUT2D eigenvalue weighted by atomic mass is 10.0. The van der Waals surface area contributed by atoms with Gasteiger partial charge in [-0.25, -0.2) is 9.97 Å². The highest BCUT2D eigenvalue weighted by Crippen LogP contribution is 2.38. The Balaban J connectivity index is 0.00000294. The maximum Gasteiger partial charge on any atom is 0.414 e. The van der Waals surface area contributed by atoms with E-state index >= 15 is 0 Å². The number of nitrogens with one attached hydrogen (secondary N) is 1. The number of hydrogen-bond donors (Lipinski definition) is 1. The number of hydrogen-bond acceptors (Lipinski definition) is 5. The van der Waals surface area contributed by atoms with Crippen molar-refractivity contribution in [2.75, 3.05) is 25.0 Å². The third-order valence-electron chi connectivity index (χ3n) is 8.29. The molecule has 9 heteroatoms. The summed E-state index contributed by atoms with van der Waals surface area (Å²) in [6, 6.07) is 13.0. The van der Waals surface area contributed by atoms with Crippen LogP contribution in [0.3, 0.4) is 0 Å². The summed E-state index contributed by atoms with van der Waals surface area (Å²) in [4.78, 5) is 16.6. The Kier molecular flexibility index (Phi) is 16.7. The number of fused-ring (bicyclic) bond motifs is 1. The maximum atomic E-state index is 14.1. The third-order valence-corrected chi connectivity index (χ3v) is 8.66. The van der Waals surface area contributed by atoms with Crippen molar-refractivity contribution in [1.29, 1.82) is 0 Å². The van der Waals surface area contributed by atoms with Gasteiger partial charge in [-0.3, -0.25) is 9.89 Å². The molecule has 0 fully saturated rings. The third kappa shape index (κ3) is 12.2.